The molecule has 0 aliphatic carbocycles. The van der Waals surface area contributed by atoms with Crippen LogP contribution in [0.15, 0.2) is 60.7 Å². The van der Waals surface area contributed by atoms with E-state index < -0.39 is 0 Å². The Kier molecular flexibility index (Phi) is 4.19. The molecule has 3 rings (SSSR count). The molecule has 0 saturated heterocycles. The topological polar surface area (TPSA) is 0 Å². The van der Waals surface area contributed by atoms with Gasteiger partial charge in [-0.25, -0.2) is 0 Å². The van der Waals surface area contributed by atoms with Crippen LogP contribution in [-0.2, 0) is 6.42 Å². The number of hydrogen-bond acceptors (Lipinski definition) is 0. The first-order valence-electron chi connectivity index (χ1n) is 7.02. The summed E-state index contributed by atoms with van der Waals surface area (Å²) < 4.78 is 0. The van der Waals surface area contributed by atoms with Crippen molar-refractivity contribution in [3.63, 3.8) is 0 Å². The second-order valence-electron chi connectivity index (χ2n) is 5.33. The minimum absolute atomic E-state index is 0.121. The summed E-state index contributed by atoms with van der Waals surface area (Å²) in [6, 6.07) is 20.8. The number of hydrogen-bond donors (Lipinski definition) is 0. The molecule has 0 heterocycles. The molecule has 3 aromatic rings. The Balaban J connectivity index is 1.94. The molecular weight excluding hydrogens is 299 g/mol. The van der Waals surface area contributed by atoms with Crippen molar-refractivity contribution in [1.29, 1.82) is 0 Å². The first-order chi connectivity index (χ1) is 10.1. The second kappa shape index (κ2) is 6.09. The van der Waals surface area contributed by atoms with Crippen molar-refractivity contribution in [2.75, 3.05) is 0 Å². The van der Waals surface area contributed by atoms with E-state index in [0.29, 0.717) is 0 Å². The zero-order valence-electron chi connectivity index (χ0n) is 11.8. The lowest BCUT2D eigenvalue weighted by atomic mass is 9.98. The number of halogens is 2. The molecule has 0 aliphatic rings. The van der Waals surface area contributed by atoms with Crippen molar-refractivity contribution < 1.29 is 0 Å². The van der Waals surface area contributed by atoms with Gasteiger partial charge >= 0.3 is 0 Å². The Labute approximate surface area is 135 Å². The molecular formula is C19H16Cl2. The zero-order valence-corrected chi connectivity index (χ0v) is 13.3. The predicted molar refractivity (Wildman–Crippen MR) is 92.4 cm³/mol. The minimum Gasteiger partial charge on any atom is -0.117 e. The van der Waals surface area contributed by atoms with Crippen LogP contribution >= 0.6 is 23.2 Å². The summed E-state index contributed by atoms with van der Waals surface area (Å²) in [4.78, 5) is 0. The van der Waals surface area contributed by atoms with Crippen LogP contribution in [0.5, 0.6) is 0 Å². The van der Waals surface area contributed by atoms with Gasteiger partial charge < -0.3 is 0 Å². The van der Waals surface area contributed by atoms with Gasteiger partial charge in [-0.15, -0.1) is 11.6 Å². The molecule has 0 N–H and O–H groups in total. The van der Waals surface area contributed by atoms with Gasteiger partial charge in [0.2, 0.25) is 0 Å². The Morgan fingerprint density at radius 2 is 1.71 bits per heavy atom. The summed E-state index contributed by atoms with van der Waals surface area (Å²) in [5, 5.41) is 3.13. The van der Waals surface area contributed by atoms with Gasteiger partial charge in [0, 0.05) is 5.02 Å². The van der Waals surface area contributed by atoms with Gasteiger partial charge in [0.1, 0.15) is 0 Å². The van der Waals surface area contributed by atoms with Gasteiger partial charge in [0.25, 0.3) is 0 Å². The van der Waals surface area contributed by atoms with Crippen LogP contribution < -0.4 is 0 Å². The molecule has 0 spiro atoms. The van der Waals surface area contributed by atoms with E-state index in [0.717, 1.165) is 22.6 Å². The lowest BCUT2D eigenvalue weighted by Crippen LogP contribution is -1.98. The van der Waals surface area contributed by atoms with Crippen LogP contribution in [0.3, 0.4) is 0 Å². The van der Waals surface area contributed by atoms with Crippen LogP contribution in [0.4, 0.5) is 0 Å². The summed E-state index contributed by atoms with van der Waals surface area (Å²) in [5.74, 6) is 0. The van der Waals surface area contributed by atoms with Crippen molar-refractivity contribution in [3.05, 3.63) is 82.4 Å². The monoisotopic (exact) mass is 314 g/mol. The standard InChI is InChI=1S/C19H16Cl2/c1-13-9-10-17(18(20)11-13)19(21)12-15-7-4-6-14-5-2-3-8-16(14)15/h2-11,19H,12H2,1H3. The molecule has 0 nitrogen and oxygen atoms in total. The zero-order chi connectivity index (χ0) is 14.8. The maximum Gasteiger partial charge on any atom is 0.0640 e. The van der Waals surface area contributed by atoms with Gasteiger partial charge in [-0.05, 0) is 46.9 Å². The van der Waals surface area contributed by atoms with Crippen molar-refractivity contribution in [3.8, 4) is 0 Å². The Bertz CT molecular complexity index is 772. The van der Waals surface area contributed by atoms with Crippen molar-refractivity contribution >= 4 is 34.0 Å². The van der Waals surface area contributed by atoms with Gasteiger partial charge in [0.15, 0.2) is 0 Å². The number of aryl methyl sites for hydroxylation is 1. The lowest BCUT2D eigenvalue weighted by Gasteiger charge is -2.14. The highest BCUT2D eigenvalue weighted by molar-refractivity contribution is 6.32. The van der Waals surface area contributed by atoms with Crippen LogP contribution in [0.1, 0.15) is 22.1 Å². The maximum absolute atomic E-state index is 6.61. The Hall–Kier alpha value is -1.50. The molecule has 0 bridgehead atoms. The highest BCUT2D eigenvalue weighted by Gasteiger charge is 2.14. The highest BCUT2D eigenvalue weighted by Crippen LogP contribution is 2.33. The normalized spacial score (nSPS) is 12.5. The molecule has 106 valence electrons. The van der Waals surface area contributed by atoms with E-state index in [1.165, 1.54) is 16.3 Å². The van der Waals surface area contributed by atoms with E-state index in [2.05, 4.69) is 48.5 Å². The molecule has 0 amide bonds. The average Bonchev–Trinajstić information content (AvgIpc) is 2.47. The largest absolute Gasteiger partial charge is 0.117 e. The molecule has 0 aliphatic heterocycles. The third-order valence-corrected chi connectivity index (χ3v) is 4.49. The highest BCUT2D eigenvalue weighted by atomic mass is 35.5. The Morgan fingerprint density at radius 1 is 0.952 bits per heavy atom. The van der Waals surface area contributed by atoms with Crippen LogP contribution in [0.2, 0.25) is 5.02 Å². The van der Waals surface area contributed by atoms with E-state index in [-0.39, 0.29) is 5.38 Å². The molecule has 21 heavy (non-hydrogen) atoms. The fraction of sp³-hybridized carbons (Fsp3) is 0.158. The predicted octanol–water partition coefficient (Wildman–Crippen LogP) is 6.32. The number of alkyl halides is 1. The summed E-state index contributed by atoms with van der Waals surface area (Å²) in [5.41, 5.74) is 3.40. The molecule has 0 aromatic heterocycles. The van der Waals surface area contributed by atoms with E-state index in [4.69, 9.17) is 23.2 Å². The number of rotatable bonds is 3. The second-order valence-corrected chi connectivity index (χ2v) is 6.27. The number of fused-ring (bicyclic) bond motifs is 1. The molecule has 2 heteroatoms. The van der Waals surface area contributed by atoms with E-state index in [1.54, 1.807) is 0 Å². The van der Waals surface area contributed by atoms with Crippen LogP contribution in [0, 0.1) is 6.92 Å². The smallest absolute Gasteiger partial charge is 0.0640 e. The lowest BCUT2D eigenvalue weighted by molar-refractivity contribution is 0.927. The summed E-state index contributed by atoms with van der Waals surface area (Å²) in [6.45, 7) is 2.03. The fourth-order valence-electron chi connectivity index (χ4n) is 2.66. The third-order valence-electron chi connectivity index (χ3n) is 3.77. The maximum atomic E-state index is 6.61. The van der Waals surface area contributed by atoms with E-state index in [9.17, 15) is 0 Å². The quantitative estimate of drug-likeness (QED) is 0.496. The molecule has 0 radical (unpaired) electrons. The van der Waals surface area contributed by atoms with Gasteiger partial charge in [-0.2, -0.15) is 0 Å². The number of benzene rings is 3. The first-order valence-corrected chi connectivity index (χ1v) is 7.83. The molecule has 1 atom stereocenters. The summed E-state index contributed by atoms with van der Waals surface area (Å²) in [7, 11) is 0. The van der Waals surface area contributed by atoms with Gasteiger partial charge in [-0.3, -0.25) is 0 Å². The molecule has 1 unspecified atom stereocenters. The van der Waals surface area contributed by atoms with Crippen molar-refractivity contribution in [2.45, 2.75) is 18.7 Å². The molecule has 0 saturated carbocycles. The van der Waals surface area contributed by atoms with E-state index in [1.807, 2.05) is 19.1 Å². The van der Waals surface area contributed by atoms with Crippen LogP contribution in [-0.4, -0.2) is 0 Å². The summed E-state index contributed by atoms with van der Waals surface area (Å²) in [6.07, 6.45) is 0.770. The van der Waals surface area contributed by atoms with Crippen molar-refractivity contribution in [2.24, 2.45) is 0 Å². The van der Waals surface area contributed by atoms with Gasteiger partial charge in [0.05, 0.1) is 5.38 Å². The third kappa shape index (κ3) is 3.07. The van der Waals surface area contributed by atoms with Gasteiger partial charge in [-0.1, -0.05) is 66.2 Å². The minimum atomic E-state index is -0.121. The summed E-state index contributed by atoms with van der Waals surface area (Å²) >= 11 is 12.9. The first kappa shape index (κ1) is 14.4. The molecule has 0 fully saturated rings. The van der Waals surface area contributed by atoms with Crippen LogP contribution in [0.25, 0.3) is 10.8 Å². The van der Waals surface area contributed by atoms with Crippen molar-refractivity contribution in [1.82, 2.24) is 0 Å². The SMILES string of the molecule is Cc1ccc(C(Cl)Cc2cccc3ccccc23)c(Cl)c1. The van der Waals surface area contributed by atoms with E-state index >= 15 is 0 Å². The Morgan fingerprint density at radius 3 is 2.52 bits per heavy atom. The fourth-order valence-corrected chi connectivity index (χ4v) is 3.44. The molecule has 3 aromatic carbocycles. The average molecular weight is 315 g/mol.